The van der Waals surface area contributed by atoms with Crippen LogP contribution in [0.3, 0.4) is 0 Å². The van der Waals surface area contributed by atoms with Gasteiger partial charge >= 0.3 is 5.97 Å². The van der Waals surface area contributed by atoms with Crippen molar-refractivity contribution in [1.29, 1.82) is 0 Å². The summed E-state index contributed by atoms with van der Waals surface area (Å²) in [5.41, 5.74) is -0.787. The summed E-state index contributed by atoms with van der Waals surface area (Å²) in [6.45, 7) is 5.15. The van der Waals surface area contributed by atoms with Gasteiger partial charge in [0.15, 0.2) is 5.82 Å². The highest BCUT2D eigenvalue weighted by atomic mass is 79.9. The van der Waals surface area contributed by atoms with Gasteiger partial charge in [0.05, 0.1) is 12.1 Å². The smallest absolute Gasteiger partial charge is 0.306 e. The molecule has 1 amide bonds. The molecule has 1 rings (SSSR count). The second kappa shape index (κ2) is 6.98. The number of benzene rings is 1. The normalized spacial score (nSPS) is 11.1. The molecular weight excluding hydrogens is 348 g/mol. The minimum atomic E-state index is -0.896. The van der Waals surface area contributed by atoms with Crippen LogP contribution in [0.25, 0.3) is 0 Å². The number of halogens is 3. The molecule has 0 saturated heterocycles. The fourth-order valence-electron chi connectivity index (χ4n) is 1.47. The maximum atomic E-state index is 13.5. The molecule has 1 aromatic rings. The van der Waals surface area contributed by atoms with Crippen LogP contribution in [0.4, 0.5) is 14.5 Å². The van der Waals surface area contributed by atoms with Crippen LogP contribution in [-0.2, 0) is 14.3 Å². The van der Waals surface area contributed by atoms with Crippen LogP contribution >= 0.6 is 15.9 Å². The number of carbonyl (C=O) groups excluding carboxylic acids is 2. The molecule has 0 fully saturated rings. The van der Waals surface area contributed by atoms with Gasteiger partial charge in [0, 0.05) is 17.0 Å². The van der Waals surface area contributed by atoms with E-state index in [9.17, 15) is 18.4 Å². The highest BCUT2D eigenvalue weighted by molar-refractivity contribution is 9.10. The van der Waals surface area contributed by atoms with Gasteiger partial charge in [-0.25, -0.2) is 8.78 Å². The van der Waals surface area contributed by atoms with Gasteiger partial charge < -0.3 is 10.1 Å². The van der Waals surface area contributed by atoms with Gasteiger partial charge in [0.25, 0.3) is 0 Å². The van der Waals surface area contributed by atoms with Crippen molar-refractivity contribution in [2.75, 3.05) is 5.32 Å². The Hall–Kier alpha value is -1.50. The van der Waals surface area contributed by atoms with Gasteiger partial charge in [-0.05, 0) is 42.8 Å². The minimum Gasteiger partial charge on any atom is -0.460 e. The van der Waals surface area contributed by atoms with Crippen molar-refractivity contribution in [3.63, 3.8) is 0 Å². The Morgan fingerprint density at radius 2 is 1.86 bits per heavy atom. The van der Waals surface area contributed by atoms with Crippen LogP contribution in [0.15, 0.2) is 16.6 Å². The SMILES string of the molecule is CC(C)(C)OC(=O)CCC(=O)Nc1c(F)cc(F)cc1Br. The van der Waals surface area contributed by atoms with Crippen molar-refractivity contribution in [2.45, 2.75) is 39.2 Å². The first-order valence-electron chi connectivity index (χ1n) is 6.25. The Kier molecular flexibility index (Phi) is 5.83. The quantitative estimate of drug-likeness (QED) is 0.828. The maximum absolute atomic E-state index is 13.5. The largest absolute Gasteiger partial charge is 0.460 e. The highest BCUT2D eigenvalue weighted by Gasteiger charge is 2.18. The number of nitrogens with one attached hydrogen (secondary N) is 1. The molecule has 0 radical (unpaired) electrons. The highest BCUT2D eigenvalue weighted by Crippen LogP contribution is 2.27. The molecular formula is C14H16BrF2NO3. The summed E-state index contributed by atoms with van der Waals surface area (Å²) >= 11 is 2.96. The van der Waals surface area contributed by atoms with E-state index >= 15 is 0 Å². The van der Waals surface area contributed by atoms with Crippen molar-refractivity contribution in [3.05, 3.63) is 28.2 Å². The number of rotatable bonds is 4. The van der Waals surface area contributed by atoms with Gasteiger partial charge in [0.1, 0.15) is 11.4 Å². The van der Waals surface area contributed by atoms with E-state index < -0.39 is 29.1 Å². The molecule has 0 saturated carbocycles. The lowest BCUT2D eigenvalue weighted by Crippen LogP contribution is -2.24. The molecule has 0 aliphatic carbocycles. The Morgan fingerprint density at radius 3 is 2.38 bits per heavy atom. The van der Waals surface area contributed by atoms with Crippen LogP contribution in [0.2, 0.25) is 0 Å². The zero-order chi connectivity index (χ0) is 16.2. The molecule has 116 valence electrons. The van der Waals surface area contributed by atoms with E-state index in [0.717, 1.165) is 6.07 Å². The molecule has 0 unspecified atom stereocenters. The average molecular weight is 364 g/mol. The topological polar surface area (TPSA) is 55.4 Å². The van der Waals surface area contributed by atoms with E-state index in [1.807, 2.05) is 0 Å². The van der Waals surface area contributed by atoms with Crippen LogP contribution in [0.1, 0.15) is 33.6 Å². The molecule has 0 atom stereocenters. The number of ether oxygens (including phenoxy) is 1. The Morgan fingerprint density at radius 1 is 1.24 bits per heavy atom. The number of anilines is 1. The molecule has 0 aliphatic rings. The maximum Gasteiger partial charge on any atom is 0.306 e. The van der Waals surface area contributed by atoms with Crippen LogP contribution in [0, 0.1) is 11.6 Å². The first-order valence-corrected chi connectivity index (χ1v) is 7.04. The summed E-state index contributed by atoms with van der Waals surface area (Å²) in [4.78, 5) is 23.1. The molecule has 4 nitrogen and oxygen atoms in total. The Bertz CT molecular complexity index is 533. The van der Waals surface area contributed by atoms with Gasteiger partial charge in [0.2, 0.25) is 5.91 Å². The minimum absolute atomic E-state index is 0.0885. The molecule has 1 N–H and O–H groups in total. The Balaban J connectivity index is 2.57. The zero-order valence-corrected chi connectivity index (χ0v) is 13.5. The molecule has 0 aliphatic heterocycles. The molecule has 7 heteroatoms. The summed E-state index contributed by atoms with van der Waals surface area (Å²) in [5, 5.41) is 2.29. The van der Waals surface area contributed by atoms with E-state index in [0.29, 0.717) is 6.07 Å². The molecule has 21 heavy (non-hydrogen) atoms. The van der Waals surface area contributed by atoms with E-state index in [1.54, 1.807) is 20.8 Å². The van der Waals surface area contributed by atoms with Crippen molar-refractivity contribution >= 4 is 33.5 Å². The second-order valence-electron chi connectivity index (χ2n) is 5.38. The lowest BCUT2D eigenvalue weighted by atomic mass is 10.2. The van der Waals surface area contributed by atoms with Gasteiger partial charge in [-0.15, -0.1) is 0 Å². The predicted molar refractivity (Wildman–Crippen MR) is 77.8 cm³/mol. The van der Waals surface area contributed by atoms with Crippen molar-refractivity contribution in [3.8, 4) is 0 Å². The lowest BCUT2D eigenvalue weighted by Gasteiger charge is -2.19. The summed E-state index contributed by atoms with van der Waals surface area (Å²) < 4.78 is 31.6. The van der Waals surface area contributed by atoms with E-state index in [-0.39, 0.29) is 23.0 Å². The number of amides is 1. The van der Waals surface area contributed by atoms with Gasteiger partial charge in [-0.1, -0.05) is 0 Å². The predicted octanol–water partition coefficient (Wildman–Crippen LogP) is 3.79. The van der Waals surface area contributed by atoms with E-state index in [1.165, 1.54) is 0 Å². The Labute approximate surface area is 130 Å². The van der Waals surface area contributed by atoms with Crippen molar-refractivity contribution in [2.24, 2.45) is 0 Å². The molecule has 0 aromatic heterocycles. The first-order chi connectivity index (χ1) is 9.58. The third-order valence-electron chi connectivity index (χ3n) is 2.25. The monoisotopic (exact) mass is 363 g/mol. The van der Waals surface area contributed by atoms with E-state index in [4.69, 9.17) is 4.74 Å². The summed E-state index contributed by atoms with van der Waals surface area (Å²) in [7, 11) is 0. The van der Waals surface area contributed by atoms with Gasteiger partial charge in [-0.2, -0.15) is 0 Å². The average Bonchev–Trinajstić information content (AvgIpc) is 2.29. The summed E-state index contributed by atoms with van der Waals surface area (Å²) in [5.74, 6) is -2.73. The van der Waals surface area contributed by atoms with Crippen molar-refractivity contribution < 1.29 is 23.1 Å². The van der Waals surface area contributed by atoms with Crippen molar-refractivity contribution in [1.82, 2.24) is 0 Å². The number of carbonyl (C=O) groups is 2. The molecule has 1 aromatic carbocycles. The number of hydrogen-bond acceptors (Lipinski definition) is 3. The van der Waals surface area contributed by atoms with Crippen LogP contribution in [-0.4, -0.2) is 17.5 Å². The fraction of sp³-hybridized carbons (Fsp3) is 0.429. The molecule has 0 bridgehead atoms. The van der Waals surface area contributed by atoms with Crippen LogP contribution < -0.4 is 5.32 Å². The zero-order valence-electron chi connectivity index (χ0n) is 11.9. The second-order valence-corrected chi connectivity index (χ2v) is 6.23. The third-order valence-corrected chi connectivity index (χ3v) is 2.87. The summed E-state index contributed by atoms with van der Waals surface area (Å²) in [6.07, 6.45) is -0.276. The van der Waals surface area contributed by atoms with Gasteiger partial charge in [-0.3, -0.25) is 9.59 Å². The lowest BCUT2D eigenvalue weighted by molar-refractivity contribution is -0.155. The number of hydrogen-bond donors (Lipinski definition) is 1. The van der Waals surface area contributed by atoms with Crippen LogP contribution in [0.5, 0.6) is 0 Å². The number of esters is 1. The standard InChI is InChI=1S/C14H16BrF2NO3/c1-14(2,3)21-12(20)5-4-11(19)18-13-9(15)6-8(16)7-10(13)17/h6-7H,4-5H2,1-3H3,(H,18,19). The molecule has 0 heterocycles. The molecule has 0 spiro atoms. The summed E-state index contributed by atoms with van der Waals surface area (Å²) in [6, 6.07) is 1.70. The fourth-order valence-corrected chi connectivity index (χ4v) is 1.98. The first kappa shape index (κ1) is 17.6. The van der Waals surface area contributed by atoms with E-state index in [2.05, 4.69) is 21.2 Å². The third kappa shape index (κ3) is 6.20.